The van der Waals surface area contributed by atoms with Crippen molar-refractivity contribution in [1.82, 2.24) is 10.6 Å². The average molecular weight is 609 g/mol. The molecule has 0 aliphatic rings. The van der Waals surface area contributed by atoms with E-state index in [1.165, 1.54) is 32.0 Å². The summed E-state index contributed by atoms with van der Waals surface area (Å²) in [4.78, 5) is 39.0. The Bertz CT molecular complexity index is 1320. The molecule has 0 unspecified atom stereocenters. The fourth-order valence-corrected chi connectivity index (χ4v) is 4.57. The van der Waals surface area contributed by atoms with E-state index in [2.05, 4.69) is 10.6 Å². The number of ether oxygens (including phenoxy) is 1. The highest BCUT2D eigenvalue weighted by Gasteiger charge is 2.45. The molecule has 0 aliphatic carbocycles. The zero-order valence-corrected chi connectivity index (χ0v) is 23.8. The van der Waals surface area contributed by atoms with Crippen LogP contribution in [0.3, 0.4) is 0 Å². The highest BCUT2D eigenvalue weighted by atomic mass is 35.5. The molecule has 0 bridgehead atoms. The van der Waals surface area contributed by atoms with Gasteiger partial charge in [0.05, 0.1) is 6.04 Å². The Hall–Kier alpha value is -3.56. The van der Waals surface area contributed by atoms with E-state index < -0.39 is 47.9 Å². The standard InChI is InChI=1S/C30H29Cl2F3N2O4/c1-18(2)26(27(38)30(33,34)35)37-28(39)24(13-19-9-5-3-6-10-19)36-29(40)25(14-20-11-7-4-8-12-20)41-23-16-21(31)15-22(32)17-23/h3-12,15-18,24-26H,13-14H2,1-2H3,(H,36,40)(H,37,39)/t24-,25+,26-/m0/s1. The number of nitrogens with one attached hydrogen (secondary N) is 2. The van der Waals surface area contributed by atoms with Gasteiger partial charge in [0.2, 0.25) is 5.91 Å². The molecule has 3 atom stereocenters. The molecule has 0 saturated carbocycles. The van der Waals surface area contributed by atoms with E-state index >= 15 is 0 Å². The third-order valence-electron chi connectivity index (χ3n) is 6.11. The minimum absolute atomic E-state index is 0.0511. The predicted molar refractivity (Wildman–Crippen MR) is 151 cm³/mol. The van der Waals surface area contributed by atoms with Gasteiger partial charge in [0, 0.05) is 22.9 Å². The summed E-state index contributed by atoms with van der Waals surface area (Å²) < 4.78 is 45.7. The molecule has 3 aromatic rings. The van der Waals surface area contributed by atoms with Crippen LogP contribution in [0.2, 0.25) is 10.0 Å². The molecule has 0 heterocycles. The summed E-state index contributed by atoms with van der Waals surface area (Å²) in [5.74, 6) is -4.37. The van der Waals surface area contributed by atoms with Crippen molar-refractivity contribution in [1.29, 1.82) is 0 Å². The minimum Gasteiger partial charge on any atom is -0.480 e. The van der Waals surface area contributed by atoms with Gasteiger partial charge in [-0.3, -0.25) is 14.4 Å². The second kappa shape index (κ2) is 14.4. The summed E-state index contributed by atoms with van der Waals surface area (Å²) in [6.45, 7) is 2.78. The summed E-state index contributed by atoms with van der Waals surface area (Å²) in [7, 11) is 0. The topological polar surface area (TPSA) is 84.5 Å². The van der Waals surface area contributed by atoms with Crippen molar-refractivity contribution in [3.63, 3.8) is 0 Å². The molecule has 11 heteroatoms. The maximum Gasteiger partial charge on any atom is 0.452 e. The largest absolute Gasteiger partial charge is 0.480 e. The lowest BCUT2D eigenvalue weighted by Crippen LogP contribution is -2.57. The van der Waals surface area contributed by atoms with Crippen molar-refractivity contribution in [3.8, 4) is 5.75 Å². The molecule has 0 fully saturated rings. The quantitative estimate of drug-likeness (QED) is 0.265. The molecule has 41 heavy (non-hydrogen) atoms. The first-order chi connectivity index (χ1) is 19.3. The van der Waals surface area contributed by atoms with Crippen LogP contribution in [-0.4, -0.2) is 42.0 Å². The van der Waals surface area contributed by atoms with Gasteiger partial charge in [0.15, 0.2) is 6.10 Å². The van der Waals surface area contributed by atoms with E-state index in [9.17, 15) is 27.6 Å². The fourth-order valence-electron chi connectivity index (χ4n) is 4.07. The summed E-state index contributed by atoms with van der Waals surface area (Å²) >= 11 is 12.2. The molecule has 0 spiro atoms. The van der Waals surface area contributed by atoms with E-state index in [-0.39, 0.29) is 28.6 Å². The first kappa shape index (κ1) is 32.0. The average Bonchev–Trinajstić information content (AvgIpc) is 2.90. The number of hydrogen-bond donors (Lipinski definition) is 2. The highest BCUT2D eigenvalue weighted by molar-refractivity contribution is 6.34. The number of rotatable bonds is 12. The van der Waals surface area contributed by atoms with E-state index in [1.807, 2.05) is 6.07 Å². The number of carbonyl (C=O) groups excluding carboxylic acids is 3. The molecule has 2 N–H and O–H groups in total. The lowest BCUT2D eigenvalue weighted by Gasteiger charge is -2.27. The lowest BCUT2D eigenvalue weighted by molar-refractivity contribution is -0.175. The Morgan fingerprint density at radius 1 is 0.780 bits per heavy atom. The molecule has 3 rings (SSSR count). The molecular formula is C30H29Cl2F3N2O4. The van der Waals surface area contributed by atoms with Crippen molar-refractivity contribution in [2.24, 2.45) is 5.92 Å². The van der Waals surface area contributed by atoms with Gasteiger partial charge in [-0.05, 0) is 35.2 Å². The number of carbonyl (C=O) groups is 3. The normalized spacial score (nSPS) is 13.7. The van der Waals surface area contributed by atoms with Crippen LogP contribution in [0.25, 0.3) is 0 Å². The van der Waals surface area contributed by atoms with Gasteiger partial charge in [0.1, 0.15) is 11.8 Å². The van der Waals surface area contributed by atoms with Crippen LogP contribution in [0.4, 0.5) is 13.2 Å². The summed E-state index contributed by atoms with van der Waals surface area (Å²) in [5.41, 5.74) is 1.39. The van der Waals surface area contributed by atoms with Crippen LogP contribution in [-0.2, 0) is 27.2 Å². The predicted octanol–water partition coefficient (Wildman–Crippen LogP) is 5.98. The third-order valence-corrected chi connectivity index (χ3v) is 6.55. The maximum absolute atomic E-state index is 13.6. The van der Waals surface area contributed by atoms with E-state index in [0.29, 0.717) is 5.56 Å². The second-order valence-corrected chi connectivity index (χ2v) is 10.6. The number of benzene rings is 3. The van der Waals surface area contributed by atoms with Crippen molar-refractivity contribution < 1.29 is 32.3 Å². The van der Waals surface area contributed by atoms with Crippen molar-refractivity contribution >= 4 is 40.8 Å². The Labute approximate surface area is 246 Å². The molecule has 2 amide bonds. The van der Waals surface area contributed by atoms with E-state index in [0.717, 1.165) is 5.56 Å². The molecule has 0 aliphatic heterocycles. The van der Waals surface area contributed by atoms with Crippen LogP contribution >= 0.6 is 23.2 Å². The minimum atomic E-state index is -5.15. The Balaban J connectivity index is 1.90. The molecule has 3 aromatic carbocycles. The van der Waals surface area contributed by atoms with Gasteiger partial charge in [-0.1, -0.05) is 97.7 Å². The van der Waals surface area contributed by atoms with Gasteiger partial charge in [-0.15, -0.1) is 0 Å². The Morgan fingerprint density at radius 2 is 1.29 bits per heavy atom. The van der Waals surface area contributed by atoms with Crippen LogP contribution in [0, 0.1) is 5.92 Å². The van der Waals surface area contributed by atoms with Crippen molar-refractivity contribution in [3.05, 3.63) is 100 Å². The first-order valence-corrected chi connectivity index (χ1v) is 13.5. The monoisotopic (exact) mass is 608 g/mol. The maximum atomic E-state index is 13.6. The zero-order valence-electron chi connectivity index (χ0n) is 22.3. The Kier molecular flexibility index (Phi) is 11.2. The molecule has 0 radical (unpaired) electrons. The number of ketones is 1. The highest BCUT2D eigenvalue weighted by Crippen LogP contribution is 2.26. The van der Waals surface area contributed by atoms with Crippen LogP contribution in [0.15, 0.2) is 78.9 Å². The van der Waals surface area contributed by atoms with Crippen LogP contribution in [0.5, 0.6) is 5.75 Å². The molecule has 218 valence electrons. The summed E-state index contributed by atoms with van der Waals surface area (Å²) in [5, 5.41) is 5.38. The fraction of sp³-hybridized carbons (Fsp3) is 0.300. The third kappa shape index (κ3) is 9.79. The van der Waals surface area contributed by atoms with Crippen LogP contribution in [0.1, 0.15) is 25.0 Å². The molecule has 6 nitrogen and oxygen atoms in total. The van der Waals surface area contributed by atoms with Gasteiger partial charge in [-0.2, -0.15) is 13.2 Å². The smallest absolute Gasteiger partial charge is 0.452 e. The van der Waals surface area contributed by atoms with Gasteiger partial charge >= 0.3 is 6.18 Å². The Morgan fingerprint density at radius 3 is 1.78 bits per heavy atom. The second-order valence-electron chi connectivity index (χ2n) is 9.74. The number of amides is 2. The van der Waals surface area contributed by atoms with Crippen molar-refractivity contribution in [2.45, 2.75) is 51.1 Å². The van der Waals surface area contributed by atoms with Gasteiger partial charge in [0.25, 0.3) is 11.7 Å². The summed E-state index contributed by atoms with van der Waals surface area (Å²) in [6, 6.07) is 18.9. The molecule has 0 aromatic heterocycles. The van der Waals surface area contributed by atoms with Crippen LogP contribution < -0.4 is 15.4 Å². The van der Waals surface area contributed by atoms with Crippen molar-refractivity contribution in [2.75, 3.05) is 0 Å². The first-order valence-electron chi connectivity index (χ1n) is 12.8. The number of hydrogen-bond acceptors (Lipinski definition) is 4. The SMILES string of the molecule is CC(C)[C@H](NC(=O)[C@H](Cc1ccccc1)NC(=O)[C@@H](Cc1ccccc1)Oc1cc(Cl)cc(Cl)c1)C(=O)C(F)(F)F. The molecule has 0 saturated heterocycles. The van der Waals surface area contributed by atoms with Gasteiger partial charge < -0.3 is 15.4 Å². The lowest BCUT2D eigenvalue weighted by atomic mass is 9.97. The molecular weight excluding hydrogens is 580 g/mol. The zero-order chi connectivity index (χ0) is 30.2. The number of halogens is 5. The van der Waals surface area contributed by atoms with Gasteiger partial charge in [-0.25, -0.2) is 0 Å². The number of alkyl halides is 3. The van der Waals surface area contributed by atoms with E-state index in [1.54, 1.807) is 54.6 Å². The summed E-state index contributed by atoms with van der Waals surface area (Å²) in [6.07, 6.45) is -6.27. The van der Waals surface area contributed by atoms with E-state index in [4.69, 9.17) is 27.9 Å². The number of Topliss-reactive ketones (excluding diaryl/α,β-unsaturated/α-hetero) is 1.